The van der Waals surface area contributed by atoms with Crippen LogP contribution < -0.4 is 9.47 Å². The molecule has 0 bridgehead atoms. The Morgan fingerprint density at radius 1 is 1.11 bits per heavy atom. The average Bonchev–Trinajstić information content (AvgIpc) is 2.44. The average molecular weight is 305 g/mol. The van der Waals surface area contributed by atoms with Crippen LogP contribution in [0.5, 0.6) is 11.5 Å². The molecule has 1 rings (SSSR count). The Balaban J connectivity index is 2.62. The summed E-state index contributed by atoms with van der Waals surface area (Å²) in [5.41, 5.74) is -0.0782. The first-order chi connectivity index (χ1) is 9.09. The highest BCUT2D eigenvalue weighted by Gasteiger charge is 2.32. The number of para-hydroxylation sites is 2. The SMILES string of the molecule is COc1ccccc1OCCC(CCl)(CCl)C(C)C. The summed E-state index contributed by atoms with van der Waals surface area (Å²) in [6.45, 7) is 4.87. The summed E-state index contributed by atoms with van der Waals surface area (Å²) in [4.78, 5) is 0. The van der Waals surface area contributed by atoms with Gasteiger partial charge in [-0.25, -0.2) is 0 Å². The fourth-order valence-corrected chi connectivity index (χ4v) is 3.04. The molecule has 0 aliphatic rings. The summed E-state index contributed by atoms with van der Waals surface area (Å²) in [6.07, 6.45) is 0.829. The van der Waals surface area contributed by atoms with Crippen LogP contribution in [0.2, 0.25) is 0 Å². The Morgan fingerprint density at radius 3 is 2.16 bits per heavy atom. The molecule has 0 heterocycles. The lowest BCUT2D eigenvalue weighted by Gasteiger charge is -2.33. The van der Waals surface area contributed by atoms with Crippen molar-refractivity contribution in [3.05, 3.63) is 24.3 Å². The molecule has 4 heteroatoms. The van der Waals surface area contributed by atoms with Gasteiger partial charge in [0, 0.05) is 17.2 Å². The van der Waals surface area contributed by atoms with Crippen LogP contribution in [0, 0.1) is 11.3 Å². The second-order valence-corrected chi connectivity index (χ2v) is 5.57. The van der Waals surface area contributed by atoms with Crippen LogP contribution in [0.25, 0.3) is 0 Å². The molecular weight excluding hydrogens is 283 g/mol. The summed E-state index contributed by atoms with van der Waals surface area (Å²) in [5, 5.41) is 0. The highest BCUT2D eigenvalue weighted by Crippen LogP contribution is 2.35. The second-order valence-electron chi connectivity index (χ2n) is 5.03. The predicted octanol–water partition coefficient (Wildman–Crippen LogP) is 4.58. The van der Waals surface area contributed by atoms with Crippen LogP contribution in [0.1, 0.15) is 20.3 Å². The van der Waals surface area contributed by atoms with E-state index >= 15 is 0 Å². The minimum absolute atomic E-state index is 0.0782. The molecule has 0 aliphatic carbocycles. The Labute approximate surface area is 126 Å². The standard InChI is InChI=1S/C15H22Cl2O2/c1-12(2)15(10-16,11-17)8-9-19-14-7-5-4-6-13(14)18-3/h4-7,12H,8-11H2,1-3H3. The largest absolute Gasteiger partial charge is 0.493 e. The molecular formula is C15H22Cl2O2. The van der Waals surface area contributed by atoms with Gasteiger partial charge in [0.25, 0.3) is 0 Å². The van der Waals surface area contributed by atoms with Gasteiger partial charge in [-0.3, -0.25) is 0 Å². The molecule has 1 aromatic rings. The Hall–Kier alpha value is -0.600. The molecule has 1 aromatic carbocycles. The van der Waals surface area contributed by atoms with E-state index in [2.05, 4.69) is 13.8 Å². The van der Waals surface area contributed by atoms with Gasteiger partial charge in [-0.15, -0.1) is 23.2 Å². The number of hydrogen-bond acceptors (Lipinski definition) is 2. The van der Waals surface area contributed by atoms with E-state index in [9.17, 15) is 0 Å². The van der Waals surface area contributed by atoms with E-state index < -0.39 is 0 Å². The first-order valence-corrected chi connectivity index (χ1v) is 7.54. The maximum Gasteiger partial charge on any atom is 0.161 e. The van der Waals surface area contributed by atoms with Gasteiger partial charge in [-0.05, 0) is 24.5 Å². The topological polar surface area (TPSA) is 18.5 Å². The van der Waals surface area contributed by atoms with Crippen molar-refractivity contribution in [1.29, 1.82) is 0 Å². The molecule has 0 saturated heterocycles. The molecule has 108 valence electrons. The molecule has 0 spiro atoms. The zero-order valence-corrected chi connectivity index (χ0v) is 13.3. The fourth-order valence-electron chi connectivity index (χ4n) is 1.87. The van der Waals surface area contributed by atoms with Crippen molar-refractivity contribution in [1.82, 2.24) is 0 Å². The van der Waals surface area contributed by atoms with Gasteiger partial charge in [0.1, 0.15) is 0 Å². The fraction of sp³-hybridized carbons (Fsp3) is 0.600. The lowest BCUT2D eigenvalue weighted by atomic mass is 9.78. The monoisotopic (exact) mass is 304 g/mol. The zero-order valence-electron chi connectivity index (χ0n) is 11.8. The number of ether oxygens (including phenoxy) is 2. The van der Waals surface area contributed by atoms with Crippen molar-refractivity contribution in [2.75, 3.05) is 25.5 Å². The third-order valence-electron chi connectivity index (χ3n) is 3.68. The van der Waals surface area contributed by atoms with E-state index in [0.717, 1.165) is 17.9 Å². The highest BCUT2D eigenvalue weighted by molar-refractivity contribution is 6.21. The first kappa shape index (κ1) is 16.5. The van der Waals surface area contributed by atoms with E-state index in [-0.39, 0.29) is 5.41 Å². The van der Waals surface area contributed by atoms with Gasteiger partial charge in [0.05, 0.1) is 13.7 Å². The first-order valence-electron chi connectivity index (χ1n) is 6.47. The molecule has 0 saturated carbocycles. The van der Waals surface area contributed by atoms with Crippen LogP contribution in [0.15, 0.2) is 24.3 Å². The van der Waals surface area contributed by atoms with E-state index in [1.54, 1.807) is 7.11 Å². The number of methoxy groups -OCH3 is 1. The van der Waals surface area contributed by atoms with Crippen molar-refractivity contribution < 1.29 is 9.47 Å². The summed E-state index contributed by atoms with van der Waals surface area (Å²) in [7, 11) is 1.64. The lowest BCUT2D eigenvalue weighted by molar-refractivity contribution is 0.179. The second kappa shape index (κ2) is 7.86. The van der Waals surface area contributed by atoms with Crippen molar-refractivity contribution >= 4 is 23.2 Å². The Morgan fingerprint density at radius 2 is 1.68 bits per heavy atom. The van der Waals surface area contributed by atoms with E-state index in [4.69, 9.17) is 32.7 Å². The van der Waals surface area contributed by atoms with Crippen molar-refractivity contribution in [2.45, 2.75) is 20.3 Å². The summed E-state index contributed by atoms with van der Waals surface area (Å²) < 4.78 is 11.0. The maximum absolute atomic E-state index is 6.10. The smallest absolute Gasteiger partial charge is 0.161 e. The zero-order chi connectivity index (χ0) is 14.3. The normalized spacial score (nSPS) is 11.7. The molecule has 19 heavy (non-hydrogen) atoms. The molecule has 2 nitrogen and oxygen atoms in total. The highest BCUT2D eigenvalue weighted by atomic mass is 35.5. The molecule has 0 fully saturated rings. The number of alkyl halides is 2. The van der Waals surface area contributed by atoms with Gasteiger partial charge in [-0.1, -0.05) is 26.0 Å². The molecule has 0 N–H and O–H groups in total. The minimum Gasteiger partial charge on any atom is -0.493 e. The van der Waals surface area contributed by atoms with Gasteiger partial charge in [-0.2, -0.15) is 0 Å². The van der Waals surface area contributed by atoms with Crippen LogP contribution in [-0.4, -0.2) is 25.5 Å². The number of rotatable bonds is 8. The van der Waals surface area contributed by atoms with Crippen LogP contribution in [-0.2, 0) is 0 Å². The van der Waals surface area contributed by atoms with Gasteiger partial charge < -0.3 is 9.47 Å². The third kappa shape index (κ3) is 4.19. The molecule has 0 unspecified atom stereocenters. The van der Waals surface area contributed by atoms with Gasteiger partial charge in [0.2, 0.25) is 0 Å². The summed E-state index contributed by atoms with van der Waals surface area (Å²) >= 11 is 12.2. The van der Waals surface area contributed by atoms with E-state index in [1.807, 2.05) is 24.3 Å². The summed E-state index contributed by atoms with van der Waals surface area (Å²) in [5.74, 6) is 3.01. The van der Waals surface area contributed by atoms with Crippen molar-refractivity contribution in [3.8, 4) is 11.5 Å². The molecule has 0 atom stereocenters. The number of benzene rings is 1. The van der Waals surface area contributed by atoms with Crippen LogP contribution in [0.4, 0.5) is 0 Å². The summed E-state index contributed by atoms with van der Waals surface area (Å²) in [6, 6.07) is 7.63. The quantitative estimate of drug-likeness (QED) is 0.654. The lowest BCUT2D eigenvalue weighted by Crippen LogP contribution is -2.33. The van der Waals surface area contributed by atoms with Crippen molar-refractivity contribution in [2.24, 2.45) is 11.3 Å². The Bertz CT molecular complexity index is 376. The minimum atomic E-state index is -0.0782. The maximum atomic E-state index is 6.10. The van der Waals surface area contributed by atoms with E-state index in [0.29, 0.717) is 24.3 Å². The Kier molecular flexibility index (Phi) is 6.81. The van der Waals surface area contributed by atoms with Gasteiger partial charge >= 0.3 is 0 Å². The number of hydrogen-bond donors (Lipinski definition) is 0. The van der Waals surface area contributed by atoms with Crippen molar-refractivity contribution in [3.63, 3.8) is 0 Å². The van der Waals surface area contributed by atoms with Crippen LogP contribution >= 0.6 is 23.2 Å². The third-order valence-corrected chi connectivity index (χ3v) is 4.75. The number of halogens is 2. The molecule has 0 amide bonds. The molecule has 0 aliphatic heterocycles. The predicted molar refractivity (Wildman–Crippen MR) is 81.8 cm³/mol. The molecule has 0 radical (unpaired) electrons. The van der Waals surface area contributed by atoms with Crippen LogP contribution in [0.3, 0.4) is 0 Å². The van der Waals surface area contributed by atoms with Gasteiger partial charge in [0.15, 0.2) is 11.5 Å². The molecule has 0 aromatic heterocycles. The van der Waals surface area contributed by atoms with E-state index in [1.165, 1.54) is 0 Å².